The fourth-order valence-electron chi connectivity index (χ4n) is 1.78. The van der Waals surface area contributed by atoms with Crippen molar-refractivity contribution in [3.05, 3.63) is 17.5 Å². The molecule has 0 radical (unpaired) electrons. The van der Waals surface area contributed by atoms with Crippen molar-refractivity contribution in [1.82, 2.24) is 10.5 Å². The van der Waals surface area contributed by atoms with Gasteiger partial charge < -0.3 is 14.9 Å². The molecule has 0 aromatic carbocycles. The zero-order valence-electron chi connectivity index (χ0n) is 9.27. The molecule has 2 rings (SSSR count). The Morgan fingerprint density at radius 2 is 2.50 bits per heavy atom. The minimum absolute atomic E-state index is 0.0644. The quantitative estimate of drug-likeness (QED) is 0.778. The summed E-state index contributed by atoms with van der Waals surface area (Å²) in [5.74, 6) is 0.918. The molecule has 0 spiro atoms. The van der Waals surface area contributed by atoms with E-state index in [1.807, 2.05) is 0 Å². The molecule has 0 aliphatic heterocycles. The second-order valence-corrected chi connectivity index (χ2v) is 4.25. The SMILES string of the molecule is Cc1cc(C(=O)NC(CCO)C2CC2)no1. The summed E-state index contributed by atoms with van der Waals surface area (Å²) in [6.07, 6.45) is 2.86. The van der Waals surface area contributed by atoms with Crippen LogP contribution < -0.4 is 5.32 Å². The Labute approximate surface area is 93.8 Å². The molecule has 5 nitrogen and oxygen atoms in total. The summed E-state index contributed by atoms with van der Waals surface area (Å²) in [6, 6.07) is 1.67. The van der Waals surface area contributed by atoms with Crippen LogP contribution in [0.2, 0.25) is 0 Å². The van der Waals surface area contributed by atoms with E-state index in [9.17, 15) is 4.79 Å². The van der Waals surface area contributed by atoms with Crippen molar-refractivity contribution in [2.75, 3.05) is 6.61 Å². The highest BCUT2D eigenvalue weighted by atomic mass is 16.5. The fraction of sp³-hybridized carbons (Fsp3) is 0.636. The van der Waals surface area contributed by atoms with E-state index < -0.39 is 0 Å². The number of nitrogens with zero attached hydrogens (tertiary/aromatic N) is 1. The fourth-order valence-corrected chi connectivity index (χ4v) is 1.78. The summed E-state index contributed by atoms with van der Waals surface area (Å²) in [6.45, 7) is 1.84. The molecule has 1 atom stereocenters. The van der Waals surface area contributed by atoms with Crippen molar-refractivity contribution in [3.63, 3.8) is 0 Å². The van der Waals surface area contributed by atoms with Crippen molar-refractivity contribution in [2.45, 2.75) is 32.2 Å². The van der Waals surface area contributed by atoms with Gasteiger partial charge in [-0.3, -0.25) is 4.79 Å². The minimum Gasteiger partial charge on any atom is -0.396 e. The molecule has 1 unspecified atom stereocenters. The van der Waals surface area contributed by atoms with Gasteiger partial charge in [-0.05, 0) is 32.1 Å². The molecule has 16 heavy (non-hydrogen) atoms. The van der Waals surface area contributed by atoms with Crippen LogP contribution in [0, 0.1) is 12.8 Å². The van der Waals surface area contributed by atoms with Gasteiger partial charge in [-0.2, -0.15) is 0 Å². The molecule has 0 bridgehead atoms. The summed E-state index contributed by atoms with van der Waals surface area (Å²) < 4.78 is 4.84. The average Bonchev–Trinajstić information content (AvgIpc) is 3.00. The first-order chi connectivity index (χ1) is 7.70. The van der Waals surface area contributed by atoms with Crippen LogP contribution in [-0.4, -0.2) is 28.8 Å². The smallest absolute Gasteiger partial charge is 0.273 e. The Kier molecular flexibility index (Phi) is 3.24. The second kappa shape index (κ2) is 4.65. The van der Waals surface area contributed by atoms with E-state index in [-0.39, 0.29) is 18.6 Å². The number of nitrogens with one attached hydrogen (secondary N) is 1. The van der Waals surface area contributed by atoms with E-state index in [4.69, 9.17) is 9.63 Å². The Bertz CT molecular complexity index is 371. The summed E-state index contributed by atoms with van der Waals surface area (Å²) in [7, 11) is 0. The van der Waals surface area contributed by atoms with Crippen LogP contribution in [0.25, 0.3) is 0 Å². The molecule has 1 aromatic heterocycles. The first kappa shape index (κ1) is 11.1. The molecule has 1 saturated carbocycles. The molecule has 5 heteroatoms. The highest BCUT2D eigenvalue weighted by Gasteiger charge is 2.32. The van der Waals surface area contributed by atoms with Crippen molar-refractivity contribution in [2.24, 2.45) is 5.92 Å². The van der Waals surface area contributed by atoms with Crippen LogP contribution in [0.15, 0.2) is 10.6 Å². The van der Waals surface area contributed by atoms with Gasteiger partial charge in [-0.25, -0.2) is 0 Å². The summed E-state index contributed by atoms with van der Waals surface area (Å²) in [5, 5.41) is 15.5. The van der Waals surface area contributed by atoms with Gasteiger partial charge in [0.05, 0.1) is 0 Å². The number of aromatic nitrogens is 1. The summed E-state index contributed by atoms with van der Waals surface area (Å²) in [5.41, 5.74) is 0.307. The monoisotopic (exact) mass is 224 g/mol. The zero-order valence-corrected chi connectivity index (χ0v) is 9.27. The van der Waals surface area contributed by atoms with E-state index in [0.29, 0.717) is 23.8 Å². The third kappa shape index (κ3) is 2.61. The zero-order chi connectivity index (χ0) is 11.5. The van der Waals surface area contributed by atoms with Crippen LogP contribution >= 0.6 is 0 Å². The third-order valence-electron chi connectivity index (χ3n) is 2.81. The number of aliphatic hydroxyl groups is 1. The molecule has 1 fully saturated rings. The predicted octanol–water partition coefficient (Wildman–Crippen LogP) is 0.874. The maximum atomic E-state index is 11.8. The predicted molar refractivity (Wildman–Crippen MR) is 56.9 cm³/mol. The number of aryl methyl sites for hydroxylation is 1. The largest absolute Gasteiger partial charge is 0.396 e. The minimum atomic E-state index is -0.220. The van der Waals surface area contributed by atoms with Crippen LogP contribution in [0.3, 0.4) is 0 Å². The lowest BCUT2D eigenvalue weighted by Crippen LogP contribution is -2.37. The first-order valence-electron chi connectivity index (χ1n) is 5.55. The van der Waals surface area contributed by atoms with Crippen molar-refractivity contribution in [3.8, 4) is 0 Å². The number of hydrogen-bond acceptors (Lipinski definition) is 4. The molecule has 1 amide bonds. The Balaban J connectivity index is 1.94. The highest BCUT2D eigenvalue weighted by Crippen LogP contribution is 2.34. The third-order valence-corrected chi connectivity index (χ3v) is 2.81. The molecule has 1 heterocycles. The van der Waals surface area contributed by atoms with Crippen LogP contribution in [0.5, 0.6) is 0 Å². The van der Waals surface area contributed by atoms with E-state index in [0.717, 1.165) is 12.8 Å². The summed E-state index contributed by atoms with van der Waals surface area (Å²) >= 11 is 0. The molecular formula is C11H16N2O3. The molecule has 1 aliphatic carbocycles. The lowest BCUT2D eigenvalue weighted by atomic mass is 10.1. The summed E-state index contributed by atoms with van der Waals surface area (Å²) in [4.78, 5) is 11.8. The van der Waals surface area contributed by atoms with Gasteiger partial charge in [0, 0.05) is 18.7 Å². The van der Waals surface area contributed by atoms with Gasteiger partial charge in [-0.15, -0.1) is 0 Å². The second-order valence-electron chi connectivity index (χ2n) is 4.25. The molecule has 88 valence electrons. The maximum absolute atomic E-state index is 11.8. The van der Waals surface area contributed by atoms with E-state index >= 15 is 0 Å². The lowest BCUT2D eigenvalue weighted by Gasteiger charge is -2.15. The molecule has 0 saturated heterocycles. The first-order valence-corrected chi connectivity index (χ1v) is 5.55. The number of amides is 1. The van der Waals surface area contributed by atoms with Gasteiger partial charge in [0.15, 0.2) is 5.69 Å². The molecule has 1 aromatic rings. The Morgan fingerprint density at radius 3 is 3.00 bits per heavy atom. The number of hydrogen-bond donors (Lipinski definition) is 2. The lowest BCUT2D eigenvalue weighted by molar-refractivity contribution is 0.0915. The van der Waals surface area contributed by atoms with E-state index in [1.54, 1.807) is 13.0 Å². The highest BCUT2D eigenvalue weighted by molar-refractivity contribution is 5.92. The van der Waals surface area contributed by atoms with Gasteiger partial charge in [0.2, 0.25) is 0 Å². The number of carbonyl (C=O) groups is 1. The van der Waals surface area contributed by atoms with Crippen LogP contribution in [0.1, 0.15) is 35.5 Å². The number of rotatable bonds is 5. The average molecular weight is 224 g/mol. The van der Waals surface area contributed by atoms with Gasteiger partial charge in [0.25, 0.3) is 5.91 Å². The number of aliphatic hydroxyl groups excluding tert-OH is 1. The van der Waals surface area contributed by atoms with Crippen LogP contribution in [-0.2, 0) is 0 Å². The maximum Gasteiger partial charge on any atom is 0.273 e. The normalized spacial score (nSPS) is 17.1. The molecule has 1 aliphatic rings. The van der Waals surface area contributed by atoms with E-state index in [1.165, 1.54) is 0 Å². The van der Waals surface area contributed by atoms with E-state index in [2.05, 4.69) is 10.5 Å². The van der Waals surface area contributed by atoms with Gasteiger partial charge in [0.1, 0.15) is 5.76 Å². The number of carbonyl (C=O) groups excluding carboxylic acids is 1. The van der Waals surface area contributed by atoms with Gasteiger partial charge in [-0.1, -0.05) is 5.16 Å². The van der Waals surface area contributed by atoms with Crippen LogP contribution in [0.4, 0.5) is 0 Å². The Morgan fingerprint density at radius 1 is 1.75 bits per heavy atom. The van der Waals surface area contributed by atoms with Crippen molar-refractivity contribution >= 4 is 5.91 Å². The Hall–Kier alpha value is -1.36. The van der Waals surface area contributed by atoms with Gasteiger partial charge >= 0.3 is 0 Å². The van der Waals surface area contributed by atoms with Crippen molar-refractivity contribution < 1.29 is 14.4 Å². The molecule has 2 N–H and O–H groups in total. The topological polar surface area (TPSA) is 75.4 Å². The standard InChI is InChI=1S/C11H16N2O3/c1-7-6-10(13-16-7)11(15)12-9(4-5-14)8-2-3-8/h6,8-9,14H,2-5H2,1H3,(H,12,15). The van der Waals surface area contributed by atoms with Crippen molar-refractivity contribution in [1.29, 1.82) is 0 Å². The molecular weight excluding hydrogens is 208 g/mol.